The molecule has 1 amide bonds. The minimum atomic E-state index is -0.384. The van der Waals surface area contributed by atoms with Crippen LogP contribution in [0.25, 0.3) is 0 Å². The summed E-state index contributed by atoms with van der Waals surface area (Å²) in [6.45, 7) is 3.87. The number of nitrogens with zero attached hydrogens (tertiary/aromatic N) is 5. The molecule has 3 aromatic rings. The van der Waals surface area contributed by atoms with Gasteiger partial charge in [0.2, 0.25) is 11.8 Å². The number of nitrogen functional groups attached to an aromatic ring is 2. The Labute approximate surface area is 239 Å². The van der Waals surface area contributed by atoms with Crippen molar-refractivity contribution in [3.05, 3.63) is 58.6 Å². The fraction of sp³-hybridized carbons (Fsp3) is 0.464. The lowest BCUT2D eigenvalue weighted by Crippen LogP contribution is -2.60. The average molecular weight is 570 g/mol. The van der Waals surface area contributed by atoms with Gasteiger partial charge in [-0.1, -0.05) is 23.7 Å². The number of anilines is 2. The minimum Gasteiger partial charge on any atom is -0.481 e. The van der Waals surface area contributed by atoms with Crippen molar-refractivity contribution in [2.75, 3.05) is 51.9 Å². The highest BCUT2D eigenvalue weighted by atomic mass is 35.5. The highest BCUT2D eigenvalue weighted by Crippen LogP contribution is 2.24. The van der Waals surface area contributed by atoms with E-state index in [1.54, 1.807) is 14.2 Å². The number of nitrogens with two attached hydrogens (primary N) is 2. The molecule has 214 valence electrons. The number of ether oxygens (including phenoxy) is 2. The van der Waals surface area contributed by atoms with Gasteiger partial charge in [-0.3, -0.25) is 4.79 Å². The van der Waals surface area contributed by atoms with E-state index in [2.05, 4.69) is 37.4 Å². The molecule has 1 aliphatic rings. The van der Waals surface area contributed by atoms with E-state index in [4.69, 9.17) is 32.5 Å². The Morgan fingerprint density at radius 2 is 1.57 bits per heavy atom. The second kappa shape index (κ2) is 13.6. The first-order valence-electron chi connectivity index (χ1n) is 13.5. The van der Waals surface area contributed by atoms with Crippen molar-refractivity contribution < 1.29 is 18.8 Å². The summed E-state index contributed by atoms with van der Waals surface area (Å²) < 4.78 is 11.3. The smallest absolute Gasteiger partial charge is 0.274 e. The number of carbonyl (C=O) groups is 1. The number of halogens is 1. The zero-order valence-electron chi connectivity index (χ0n) is 23.1. The molecule has 40 heavy (non-hydrogen) atoms. The summed E-state index contributed by atoms with van der Waals surface area (Å²) in [6, 6.07) is 7.90. The van der Waals surface area contributed by atoms with E-state index < -0.39 is 0 Å². The summed E-state index contributed by atoms with van der Waals surface area (Å²) in [5.41, 5.74) is 14.0. The number of piperidine rings is 1. The van der Waals surface area contributed by atoms with Gasteiger partial charge in [0.05, 0.1) is 46.4 Å². The number of aromatic nitrogens is 4. The molecule has 1 aliphatic heterocycles. The van der Waals surface area contributed by atoms with Crippen LogP contribution < -0.4 is 26.3 Å². The van der Waals surface area contributed by atoms with E-state index in [1.165, 1.54) is 11.1 Å². The highest BCUT2D eigenvalue weighted by Gasteiger charge is 2.35. The number of methoxy groups -OCH3 is 2. The third-order valence-corrected chi connectivity index (χ3v) is 7.74. The Bertz CT molecular complexity index is 1220. The second-order valence-electron chi connectivity index (χ2n) is 10.3. The number of nitrogens with one attached hydrogen (secondary N) is 1. The molecule has 12 heteroatoms. The molecule has 1 atom stereocenters. The molecule has 0 spiro atoms. The lowest BCUT2D eigenvalue weighted by molar-refractivity contribution is -0.933. The van der Waals surface area contributed by atoms with Gasteiger partial charge in [-0.05, 0) is 36.8 Å². The SMILES string of the molecule is COc1ccc(CCC[N+]2(CCCc3ccc(OC)nc3)CCCC(NC(=O)c3nc(Cl)c(N)nc3N)C2)cn1. The van der Waals surface area contributed by atoms with Crippen LogP contribution in [0.5, 0.6) is 11.8 Å². The summed E-state index contributed by atoms with van der Waals surface area (Å²) in [7, 11) is 3.23. The van der Waals surface area contributed by atoms with Crippen LogP contribution in [0.4, 0.5) is 11.6 Å². The lowest BCUT2D eigenvalue weighted by Gasteiger charge is -2.45. The Morgan fingerprint density at radius 1 is 0.975 bits per heavy atom. The van der Waals surface area contributed by atoms with E-state index in [-0.39, 0.29) is 34.4 Å². The highest BCUT2D eigenvalue weighted by molar-refractivity contribution is 6.31. The molecular weight excluding hydrogens is 532 g/mol. The van der Waals surface area contributed by atoms with E-state index >= 15 is 0 Å². The van der Waals surface area contributed by atoms with E-state index in [0.717, 1.165) is 69.2 Å². The Balaban J connectivity index is 1.43. The third-order valence-electron chi connectivity index (χ3n) is 7.46. The fourth-order valence-electron chi connectivity index (χ4n) is 5.42. The number of aryl methyl sites for hydroxylation is 2. The second-order valence-corrected chi connectivity index (χ2v) is 10.6. The maximum Gasteiger partial charge on any atom is 0.274 e. The summed E-state index contributed by atoms with van der Waals surface area (Å²) in [6.07, 6.45) is 9.49. The summed E-state index contributed by atoms with van der Waals surface area (Å²) >= 11 is 6.01. The minimum absolute atomic E-state index is 0.00175. The van der Waals surface area contributed by atoms with Crippen LogP contribution in [0, 0.1) is 0 Å². The molecule has 4 rings (SSSR count). The molecule has 5 N–H and O–H groups in total. The van der Waals surface area contributed by atoms with Gasteiger partial charge in [-0.2, -0.15) is 0 Å². The van der Waals surface area contributed by atoms with Gasteiger partial charge < -0.3 is 30.7 Å². The first-order chi connectivity index (χ1) is 19.3. The van der Waals surface area contributed by atoms with Crippen molar-refractivity contribution in [3.8, 4) is 11.8 Å². The van der Waals surface area contributed by atoms with E-state index in [1.807, 2.05) is 24.5 Å². The molecule has 0 bridgehead atoms. The van der Waals surface area contributed by atoms with Crippen LogP contribution in [-0.2, 0) is 12.8 Å². The van der Waals surface area contributed by atoms with Crippen molar-refractivity contribution >= 4 is 29.1 Å². The molecule has 4 heterocycles. The van der Waals surface area contributed by atoms with Crippen LogP contribution in [0.15, 0.2) is 36.7 Å². The first kappa shape index (κ1) is 29.3. The number of hydrogen-bond donors (Lipinski definition) is 3. The number of carbonyl (C=O) groups excluding carboxylic acids is 1. The van der Waals surface area contributed by atoms with Gasteiger partial charge >= 0.3 is 0 Å². The number of pyridine rings is 2. The van der Waals surface area contributed by atoms with Crippen molar-refractivity contribution in [3.63, 3.8) is 0 Å². The molecule has 1 unspecified atom stereocenters. The predicted octanol–water partition coefficient (Wildman–Crippen LogP) is 3.08. The van der Waals surface area contributed by atoms with Gasteiger partial charge in [-0.15, -0.1) is 0 Å². The monoisotopic (exact) mass is 569 g/mol. The number of hydrogen-bond acceptors (Lipinski definition) is 9. The first-order valence-corrected chi connectivity index (χ1v) is 13.9. The average Bonchev–Trinajstić information content (AvgIpc) is 2.96. The van der Waals surface area contributed by atoms with E-state index in [9.17, 15) is 4.79 Å². The van der Waals surface area contributed by atoms with Crippen molar-refractivity contribution in [2.45, 2.75) is 44.6 Å². The van der Waals surface area contributed by atoms with Gasteiger partial charge in [0.15, 0.2) is 22.5 Å². The molecule has 0 aliphatic carbocycles. The Morgan fingerprint density at radius 3 is 2.10 bits per heavy atom. The van der Waals surface area contributed by atoms with Gasteiger partial charge in [0.25, 0.3) is 5.91 Å². The van der Waals surface area contributed by atoms with Crippen molar-refractivity contribution in [2.24, 2.45) is 0 Å². The largest absolute Gasteiger partial charge is 0.481 e. The normalized spacial score (nSPS) is 16.3. The molecule has 0 radical (unpaired) electrons. The summed E-state index contributed by atoms with van der Waals surface area (Å²) in [5, 5.41) is 3.10. The molecule has 1 fully saturated rings. The maximum atomic E-state index is 13.1. The molecule has 11 nitrogen and oxygen atoms in total. The molecular formula is C28H38ClN8O3+. The van der Waals surface area contributed by atoms with Gasteiger partial charge in [0.1, 0.15) is 0 Å². The molecule has 3 aromatic heterocycles. The standard InChI is InChI=1S/C28H37ClN8O3/c1-39-22-11-9-19(16-32-22)6-3-13-37(14-4-7-20-10-12-23(40-2)33-17-20)15-5-8-21(18-37)34-28(38)24-26(30)36-27(31)25(29)35-24/h9-12,16-17,21H,3-8,13-15,18H2,1-2H3,(H4-,30,31,34,36,38)/p+1. The van der Waals surface area contributed by atoms with Crippen LogP contribution in [0.3, 0.4) is 0 Å². The van der Waals surface area contributed by atoms with Crippen molar-refractivity contribution in [1.82, 2.24) is 25.3 Å². The van der Waals surface area contributed by atoms with Crippen molar-refractivity contribution in [1.29, 1.82) is 0 Å². The lowest BCUT2D eigenvalue weighted by atomic mass is 9.99. The van der Waals surface area contributed by atoms with Crippen LogP contribution >= 0.6 is 11.6 Å². The fourth-order valence-corrected chi connectivity index (χ4v) is 5.54. The third kappa shape index (κ3) is 7.70. The number of likely N-dealkylation sites (tertiary alicyclic amines) is 1. The zero-order chi connectivity index (χ0) is 28.5. The zero-order valence-corrected chi connectivity index (χ0v) is 23.9. The number of rotatable bonds is 12. The van der Waals surface area contributed by atoms with Gasteiger partial charge in [0, 0.05) is 37.4 Å². The molecule has 1 saturated heterocycles. The Kier molecular flexibility index (Phi) is 9.94. The summed E-state index contributed by atoms with van der Waals surface area (Å²) in [5.74, 6) is 0.816. The van der Waals surface area contributed by atoms with Gasteiger partial charge in [-0.25, -0.2) is 19.9 Å². The number of quaternary nitrogens is 1. The number of amides is 1. The summed E-state index contributed by atoms with van der Waals surface area (Å²) in [4.78, 5) is 29.8. The van der Waals surface area contributed by atoms with Crippen LogP contribution in [0.2, 0.25) is 5.15 Å². The predicted molar refractivity (Wildman–Crippen MR) is 154 cm³/mol. The quantitative estimate of drug-likeness (QED) is 0.279. The molecule has 0 saturated carbocycles. The van der Waals surface area contributed by atoms with E-state index in [0.29, 0.717) is 11.8 Å². The van der Waals surface area contributed by atoms with Crippen LogP contribution in [0.1, 0.15) is 47.3 Å². The molecule has 0 aromatic carbocycles. The maximum absolute atomic E-state index is 13.1. The van der Waals surface area contributed by atoms with Crippen LogP contribution in [-0.4, -0.2) is 76.8 Å². The topological polar surface area (TPSA) is 151 Å². The Hall–Kier alpha value is -3.70.